The predicted molar refractivity (Wildman–Crippen MR) is 99.2 cm³/mol. The number of hydrogen-bond donors (Lipinski definition) is 2. The van der Waals surface area contributed by atoms with Crippen LogP contribution in [0.3, 0.4) is 0 Å². The maximum absolute atomic E-state index is 11.8. The lowest BCUT2D eigenvalue weighted by Crippen LogP contribution is -2.36. The lowest BCUT2D eigenvalue weighted by molar-refractivity contribution is -0.117. The van der Waals surface area contributed by atoms with E-state index in [9.17, 15) is 4.79 Å². The van der Waals surface area contributed by atoms with E-state index < -0.39 is 0 Å². The predicted octanol–water partition coefficient (Wildman–Crippen LogP) is 3.21. The summed E-state index contributed by atoms with van der Waals surface area (Å²) in [6.45, 7) is 5.21. The van der Waals surface area contributed by atoms with Crippen LogP contribution in [-0.4, -0.2) is 31.1 Å². The Hall–Kier alpha value is -1.39. The Morgan fingerprint density at radius 3 is 2.79 bits per heavy atom. The molecule has 0 bridgehead atoms. The van der Waals surface area contributed by atoms with Crippen LogP contribution in [0.5, 0.6) is 0 Å². The molecule has 0 aromatic heterocycles. The third-order valence-electron chi connectivity index (χ3n) is 5.28. The lowest BCUT2D eigenvalue weighted by Gasteiger charge is -2.22. The highest BCUT2D eigenvalue weighted by atomic mass is 16.2. The first-order valence-corrected chi connectivity index (χ1v) is 9.58. The molecule has 1 amide bonds. The average molecular weight is 329 g/mol. The summed E-state index contributed by atoms with van der Waals surface area (Å²) in [5.41, 5.74) is 2.32. The summed E-state index contributed by atoms with van der Waals surface area (Å²) in [4.78, 5) is 13.7. The van der Waals surface area contributed by atoms with Crippen LogP contribution in [0.4, 0.5) is 5.69 Å². The van der Waals surface area contributed by atoms with Gasteiger partial charge in [-0.15, -0.1) is 0 Å². The number of benzene rings is 1. The van der Waals surface area contributed by atoms with Crippen molar-refractivity contribution in [2.45, 2.75) is 70.5 Å². The Morgan fingerprint density at radius 1 is 1.21 bits per heavy atom. The van der Waals surface area contributed by atoms with E-state index in [0.29, 0.717) is 18.5 Å². The molecular weight excluding hydrogens is 298 g/mol. The van der Waals surface area contributed by atoms with Crippen molar-refractivity contribution < 1.29 is 4.79 Å². The highest BCUT2D eigenvalue weighted by Gasteiger charge is 2.21. The minimum Gasteiger partial charge on any atom is -0.314 e. The molecule has 4 nitrogen and oxygen atoms in total. The Morgan fingerprint density at radius 2 is 2.04 bits per heavy atom. The molecule has 132 valence electrons. The van der Waals surface area contributed by atoms with Crippen LogP contribution in [0.2, 0.25) is 0 Å². The molecule has 2 saturated heterocycles. The number of nitrogens with zero attached hydrogens (tertiary/aromatic N) is 1. The summed E-state index contributed by atoms with van der Waals surface area (Å²) in [6.07, 6.45) is 8.23. The summed E-state index contributed by atoms with van der Waals surface area (Å²) in [5, 5.41) is 7.32. The molecule has 2 N–H and O–H groups in total. The largest absolute Gasteiger partial charge is 0.314 e. The molecule has 0 spiro atoms. The van der Waals surface area contributed by atoms with Gasteiger partial charge in [0.15, 0.2) is 0 Å². The van der Waals surface area contributed by atoms with Crippen molar-refractivity contribution in [1.29, 1.82) is 0 Å². The third-order valence-corrected chi connectivity index (χ3v) is 5.28. The van der Waals surface area contributed by atoms with Crippen LogP contribution >= 0.6 is 0 Å². The van der Waals surface area contributed by atoms with Crippen LogP contribution in [0.25, 0.3) is 0 Å². The van der Waals surface area contributed by atoms with Gasteiger partial charge in [0.25, 0.3) is 0 Å². The summed E-state index contributed by atoms with van der Waals surface area (Å²) >= 11 is 0. The Labute approximate surface area is 146 Å². The van der Waals surface area contributed by atoms with Crippen LogP contribution in [-0.2, 0) is 11.3 Å². The number of nitrogens with one attached hydrogen (secondary N) is 2. The van der Waals surface area contributed by atoms with Crippen molar-refractivity contribution in [3.8, 4) is 0 Å². The average Bonchev–Trinajstić information content (AvgIpc) is 2.86. The minimum atomic E-state index is 0.255. The van der Waals surface area contributed by atoms with E-state index in [0.717, 1.165) is 25.2 Å². The highest BCUT2D eigenvalue weighted by Crippen LogP contribution is 2.21. The van der Waals surface area contributed by atoms with E-state index >= 15 is 0 Å². The van der Waals surface area contributed by atoms with Crippen LogP contribution in [0, 0.1) is 0 Å². The van der Waals surface area contributed by atoms with Crippen molar-refractivity contribution >= 4 is 11.6 Å². The zero-order valence-electron chi connectivity index (χ0n) is 14.9. The van der Waals surface area contributed by atoms with Gasteiger partial charge in [0.2, 0.25) is 5.91 Å². The van der Waals surface area contributed by atoms with Gasteiger partial charge in [0, 0.05) is 37.3 Å². The Kier molecular flexibility index (Phi) is 6.27. The van der Waals surface area contributed by atoms with Gasteiger partial charge < -0.3 is 15.5 Å². The second-order valence-corrected chi connectivity index (χ2v) is 7.33. The molecule has 2 unspecified atom stereocenters. The van der Waals surface area contributed by atoms with Gasteiger partial charge in [-0.25, -0.2) is 0 Å². The van der Waals surface area contributed by atoms with Gasteiger partial charge in [0.1, 0.15) is 0 Å². The first-order chi connectivity index (χ1) is 11.7. The van der Waals surface area contributed by atoms with E-state index in [1.165, 1.54) is 44.2 Å². The Bertz CT molecular complexity index is 520. The molecule has 2 fully saturated rings. The first-order valence-electron chi connectivity index (χ1n) is 9.58. The van der Waals surface area contributed by atoms with E-state index in [-0.39, 0.29) is 5.91 Å². The van der Waals surface area contributed by atoms with Crippen molar-refractivity contribution in [2.24, 2.45) is 0 Å². The number of carbonyl (C=O) groups excluding carboxylic acids is 1. The van der Waals surface area contributed by atoms with Gasteiger partial charge in [0.05, 0.1) is 0 Å². The smallest absolute Gasteiger partial charge is 0.227 e. The highest BCUT2D eigenvalue weighted by molar-refractivity contribution is 5.95. The summed E-state index contributed by atoms with van der Waals surface area (Å²) < 4.78 is 0. The molecule has 1 aromatic rings. The number of amides is 1. The van der Waals surface area contributed by atoms with Gasteiger partial charge in [-0.05, 0) is 56.8 Å². The van der Waals surface area contributed by atoms with Gasteiger partial charge in [-0.2, -0.15) is 0 Å². The summed E-state index contributed by atoms with van der Waals surface area (Å²) in [7, 11) is 0. The summed E-state index contributed by atoms with van der Waals surface area (Å²) in [6, 6.07) is 9.63. The van der Waals surface area contributed by atoms with Crippen LogP contribution in [0.1, 0.15) is 57.4 Å². The number of carbonyl (C=O) groups is 1. The van der Waals surface area contributed by atoms with E-state index in [1.54, 1.807) is 0 Å². The third kappa shape index (κ3) is 4.81. The maximum atomic E-state index is 11.8. The second-order valence-electron chi connectivity index (χ2n) is 7.33. The normalized spacial score (nSPS) is 23.3. The molecule has 2 heterocycles. The van der Waals surface area contributed by atoms with E-state index in [1.807, 2.05) is 4.90 Å². The van der Waals surface area contributed by atoms with Crippen molar-refractivity contribution in [3.05, 3.63) is 29.8 Å². The van der Waals surface area contributed by atoms with Gasteiger partial charge >= 0.3 is 0 Å². The van der Waals surface area contributed by atoms with Gasteiger partial charge in [-0.3, -0.25) is 4.79 Å². The van der Waals surface area contributed by atoms with Crippen LogP contribution < -0.4 is 15.5 Å². The standard InChI is InChI=1S/C20H31N3O/c1-16(14-18-6-3-2-4-12-21-18)22-15-17-8-10-19(11-9-17)23-13-5-7-20(23)24/h8-11,16,18,21-22H,2-7,12-15H2,1H3. The quantitative estimate of drug-likeness (QED) is 0.842. The van der Waals surface area contributed by atoms with Gasteiger partial charge in [-0.1, -0.05) is 25.0 Å². The van der Waals surface area contributed by atoms with E-state index in [2.05, 4.69) is 41.8 Å². The Balaban J connectivity index is 1.44. The maximum Gasteiger partial charge on any atom is 0.227 e. The van der Waals surface area contributed by atoms with Crippen molar-refractivity contribution in [2.75, 3.05) is 18.0 Å². The molecule has 0 saturated carbocycles. The molecular formula is C20H31N3O. The zero-order valence-corrected chi connectivity index (χ0v) is 14.9. The fraction of sp³-hybridized carbons (Fsp3) is 0.650. The second kappa shape index (κ2) is 8.63. The summed E-state index contributed by atoms with van der Waals surface area (Å²) in [5.74, 6) is 0.255. The fourth-order valence-corrected chi connectivity index (χ4v) is 3.82. The molecule has 24 heavy (non-hydrogen) atoms. The molecule has 2 aliphatic heterocycles. The monoisotopic (exact) mass is 329 g/mol. The molecule has 2 atom stereocenters. The lowest BCUT2D eigenvalue weighted by atomic mass is 10.0. The number of rotatable bonds is 6. The molecule has 0 aliphatic carbocycles. The van der Waals surface area contributed by atoms with E-state index in [4.69, 9.17) is 0 Å². The van der Waals surface area contributed by atoms with Crippen molar-refractivity contribution in [3.63, 3.8) is 0 Å². The molecule has 2 aliphatic rings. The zero-order chi connectivity index (χ0) is 16.8. The topological polar surface area (TPSA) is 44.4 Å². The molecule has 0 radical (unpaired) electrons. The fourth-order valence-electron chi connectivity index (χ4n) is 3.82. The molecule has 1 aromatic carbocycles. The number of anilines is 1. The number of hydrogen-bond acceptors (Lipinski definition) is 3. The molecule has 4 heteroatoms. The first kappa shape index (κ1) is 17.4. The van der Waals surface area contributed by atoms with Crippen LogP contribution in [0.15, 0.2) is 24.3 Å². The SMILES string of the molecule is CC(CC1CCCCCN1)NCc1ccc(N2CCCC2=O)cc1. The minimum absolute atomic E-state index is 0.255. The molecule has 3 rings (SSSR count). The van der Waals surface area contributed by atoms with Crippen molar-refractivity contribution in [1.82, 2.24) is 10.6 Å².